The molecule has 80 valence electrons. The fraction of sp³-hybridized carbons (Fsp3) is 0.111. The summed E-state index contributed by atoms with van der Waals surface area (Å²) in [5.41, 5.74) is 4.75. The van der Waals surface area contributed by atoms with E-state index >= 15 is 0 Å². The topological polar surface area (TPSA) is 92.4 Å². The number of hydrogen-bond donors (Lipinski definition) is 3. The molecule has 0 fully saturated rings. The molecule has 0 spiro atoms. The van der Waals surface area contributed by atoms with Gasteiger partial charge in [0.1, 0.15) is 5.82 Å². The van der Waals surface area contributed by atoms with Crippen molar-refractivity contribution in [1.82, 2.24) is 0 Å². The Kier molecular flexibility index (Phi) is 3.35. The number of nitrogens with one attached hydrogen (secondary N) is 1. The van der Waals surface area contributed by atoms with Crippen molar-refractivity contribution in [2.24, 2.45) is 5.73 Å². The Labute approximate surface area is 84.7 Å². The molecule has 0 aliphatic carbocycles. The third-order valence-electron chi connectivity index (χ3n) is 1.68. The van der Waals surface area contributed by atoms with E-state index in [9.17, 15) is 14.0 Å². The van der Waals surface area contributed by atoms with Crippen molar-refractivity contribution in [2.45, 2.75) is 0 Å². The van der Waals surface area contributed by atoms with Crippen molar-refractivity contribution in [1.29, 1.82) is 0 Å². The number of carbonyl (C=O) groups excluding carboxylic acids is 1. The van der Waals surface area contributed by atoms with Crippen LogP contribution in [0.1, 0.15) is 10.4 Å². The first-order valence-corrected chi connectivity index (χ1v) is 4.07. The van der Waals surface area contributed by atoms with Crippen LogP contribution in [0.15, 0.2) is 18.2 Å². The Morgan fingerprint density at radius 3 is 2.60 bits per heavy atom. The van der Waals surface area contributed by atoms with Crippen molar-refractivity contribution >= 4 is 17.6 Å². The predicted octanol–water partition coefficient (Wildman–Crippen LogP) is 0.421. The Bertz CT molecular complexity index is 406. The van der Waals surface area contributed by atoms with Gasteiger partial charge >= 0.3 is 5.97 Å². The van der Waals surface area contributed by atoms with Crippen LogP contribution < -0.4 is 11.1 Å². The Hall–Kier alpha value is -1.95. The molecule has 5 nitrogen and oxygen atoms in total. The molecule has 0 radical (unpaired) electrons. The van der Waals surface area contributed by atoms with Gasteiger partial charge in [0.05, 0.1) is 17.8 Å². The molecule has 0 atom stereocenters. The van der Waals surface area contributed by atoms with E-state index in [-0.39, 0.29) is 17.8 Å². The molecule has 0 aromatic heterocycles. The normalized spacial score (nSPS) is 9.73. The van der Waals surface area contributed by atoms with E-state index in [1.807, 2.05) is 0 Å². The van der Waals surface area contributed by atoms with Gasteiger partial charge in [0.25, 0.3) is 0 Å². The van der Waals surface area contributed by atoms with Gasteiger partial charge in [0.2, 0.25) is 5.91 Å². The van der Waals surface area contributed by atoms with E-state index < -0.39 is 17.7 Å². The lowest BCUT2D eigenvalue weighted by Crippen LogP contribution is -2.22. The van der Waals surface area contributed by atoms with Crippen LogP contribution in [-0.4, -0.2) is 23.5 Å². The lowest BCUT2D eigenvalue weighted by molar-refractivity contribution is -0.114. The van der Waals surface area contributed by atoms with Crippen molar-refractivity contribution in [3.05, 3.63) is 29.6 Å². The molecular formula is C9H9FN2O3. The second kappa shape index (κ2) is 4.52. The zero-order chi connectivity index (χ0) is 11.4. The standard InChI is InChI=1S/C9H9FN2O3/c10-6-3-5(9(14)15)1-2-7(6)12-8(13)4-11/h1-3H,4,11H2,(H,12,13)(H,14,15). The summed E-state index contributed by atoms with van der Waals surface area (Å²) in [6.07, 6.45) is 0. The Balaban J connectivity index is 2.93. The van der Waals surface area contributed by atoms with E-state index in [0.29, 0.717) is 0 Å². The average molecular weight is 212 g/mol. The molecule has 0 aliphatic rings. The molecule has 0 heterocycles. The fourth-order valence-corrected chi connectivity index (χ4v) is 0.951. The minimum absolute atomic E-state index is 0.0875. The highest BCUT2D eigenvalue weighted by Crippen LogP contribution is 2.15. The third-order valence-corrected chi connectivity index (χ3v) is 1.68. The molecule has 15 heavy (non-hydrogen) atoms. The van der Waals surface area contributed by atoms with Gasteiger partial charge in [-0.1, -0.05) is 0 Å². The lowest BCUT2D eigenvalue weighted by Gasteiger charge is -2.05. The van der Waals surface area contributed by atoms with E-state index in [2.05, 4.69) is 5.32 Å². The van der Waals surface area contributed by atoms with Crippen molar-refractivity contribution in [2.75, 3.05) is 11.9 Å². The maximum absolute atomic E-state index is 13.2. The second-order valence-electron chi connectivity index (χ2n) is 2.75. The monoisotopic (exact) mass is 212 g/mol. The van der Waals surface area contributed by atoms with Gasteiger partial charge < -0.3 is 16.2 Å². The molecular weight excluding hydrogens is 203 g/mol. The first kappa shape index (κ1) is 11.1. The summed E-state index contributed by atoms with van der Waals surface area (Å²) in [6.45, 7) is -0.264. The molecule has 1 aromatic rings. The molecule has 1 amide bonds. The first-order valence-electron chi connectivity index (χ1n) is 4.07. The largest absolute Gasteiger partial charge is 0.478 e. The molecule has 4 N–H and O–H groups in total. The van der Waals surface area contributed by atoms with Gasteiger partial charge in [-0.25, -0.2) is 9.18 Å². The minimum atomic E-state index is -1.23. The second-order valence-corrected chi connectivity index (χ2v) is 2.75. The number of amides is 1. The van der Waals surface area contributed by atoms with Crippen LogP contribution in [0.4, 0.5) is 10.1 Å². The molecule has 1 aromatic carbocycles. The summed E-state index contributed by atoms with van der Waals surface area (Å²) >= 11 is 0. The predicted molar refractivity (Wildman–Crippen MR) is 51.0 cm³/mol. The van der Waals surface area contributed by atoms with Crippen LogP contribution in [0.25, 0.3) is 0 Å². The quantitative estimate of drug-likeness (QED) is 0.677. The number of aromatic carboxylic acids is 1. The summed E-state index contributed by atoms with van der Waals surface area (Å²) in [6, 6.07) is 3.19. The molecule has 0 unspecified atom stereocenters. The highest BCUT2D eigenvalue weighted by Gasteiger charge is 2.09. The maximum atomic E-state index is 13.2. The SMILES string of the molecule is NCC(=O)Nc1ccc(C(=O)O)cc1F. The van der Waals surface area contributed by atoms with Crippen molar-refractivity contribution < 1.29 is 19.1 Å². The Morgan fingerprint density at radius 1 is 1.47 bits per heavy atom. The summed E-state index contributed by atoms with van der Waals surface area (Å²) in [7, 11) is 0. The van der Waals surface area contributed by atoms with E-state index in [0.717, 1.165) is 6.07 Å². The summed E-state index contributed by atoms with van der Waals surface area (Å²) < 4.78 is 13.2. The smallest absolute Gasteiger partial charge is 0.335 e. The molecule has 1 rings (SSSR count). The number of nitrogens with two attached hydrogens (primary N) is 1. The van der Waals surface area contributed by atoms with Crippen molar-refractivity contribution in [3.8, 4) is 0 Å². The summed E-state index contributed by atoms with van der Waals surface area (Å²) in [5.74, 6) is -2.58. The van der Waals surface area contributed by atoms with Crippen LogP contribution in [0.5, 0.6) is 0 Å². The number of hydrogen-bond acceptors (Lipinski definition) is 3. The molecule has 0 bridgehead atoms. The number of anilines is 1. The van der Waals surface area contributed by atoms with Crippen LogP contribution in [0, 0.1) is 5.82 Å². The van der Waals surface area contributed by atoms with Gasteiger partial charge in [0, 0.05) is 0 Å². The van der Waals surface area contributed by atoms with Crippen LogP contribution in [0.2, 0.25) is 0 Å². The first-order chi connectivity index (χ1) is 7.04. The minimum Gasteiger partial charge on any atom is -0.478 e. The van der Waals surface area contributed by atoms with Gasteiger partial charge in [-0.05, 0) is 18.2 Å². The van der Waals surface area contributed by atoms with Gasteiger partial charge in [-0.3, -0.25) is 4.79 Å². The summed E-state index contributed by atoms with van der Waals surface area (Å²) in [4.78, 5) is 21.3. The molecule has 0 aliphatic heterocycles. The highest BCUT2D eigenvalue weighted by molar-refractivity contribution is 5.93. The number of carboxylic acid groups (broad SMARTS) is 1. The highest BCUT2D eigenvalue weighted by atomic mass is 19.1. The Morgan fingerprint density at radius 2 is 2.13 bits per heavy atom. The van der Waals surface area contributed by atoms with Gasteiger partial charge in [0.15, 0.2) is 0 Å². The van der Waals surface area contributed by atoms with E-state index in [1.54, 1.807) is 0 Å². The number of carboxylic acids is 1. The zero-order valence-corrected chi connectivity index (χ0v) is 7.66. The number of carbonyl (C=O) groups is 2. The molecule has 0 saturated heterocycles. The third kappa shape index (κ3) is 2.75. The summed E-state index contributed by atoms with van der Waals surface area (Å²) in [5, 5.41) is 10.7. The van der Waals surface area contributed by atoms with Gasteiger partial charge in [-0.15, -0.1) is 0 Å². The lowest BCUT2D eigenvalue weighted by atomic mass is 10.2. The fourth-order valence-electron chi connectivity index (χ4n) is 0.951. The average Bonchev–Trinajstić information content (AvgIpc) is 2.20. The maximum Gasteiger partial charge on any atom is 0.335 e. The molecule has 0 saturated carbocycles. The molecule has 6 heteroatoms. The number of halogens is 1. The van der Waals surface area contributed by atoms with E-state index in [4.69, 9.17) is 10.8 Å². The van der Waals surface area contributed by atoms with Crippen LogP contribution in [-0.2, 0) is 4.79 Å². The van der Waals surface area contributed by atoms with Crippen LogP contribution in [0.3, 0.4) is 0 Å². The van der Waals surface area contributed by atoms with Gasteiger partial charge in [-0.2, -0.15) is 0 Å². The van der Waals surface area contributed by atoms with E-state index in [1.165, 1.54) is 12.1 Å². The van der Waals surface area contributed by atoms with Crippen LogP contribution >= 0.6 is 0 Å². The van der Waals surface area contributed by atoms with Crippen molar-refractivity contribution in [3.63, 3.8) is 0 Å². The number of benzene rings is 1. The number of rotatable bonds is 3. The zero-order valence-electron chi connectivity index (χ0n) is 7.66.